The van der Waals surface area contributed by atoms with Gasteiger partial charge in [0.05, 0.1) is 20.3 Å². The number of amides is 2. The molecule has 2 amide bonds. The molecule has 0 aliphatic heterocycles. The molecule has 2 aromatic rings. The average Bonchev–Trinajstić information content (AvgIpc) is 2.62. The third kappa shape index (κ3) is 4.44. The molecule has 134 valence electrons. The minimum atomic E-state index is -0.249. The van der Waals surface area contributed by atoms with Crippen molar-refractivity contribution in [3.05, 3.63) is 53.1 Å². The molecule has 0 aromatic heterocycles. The van der Waals surface area contributed by atoms with E-state index < -0.39 is 0 Å². The van der Waals surface area contributed by atoms with E-state index in [0.29, 0.717) is 5.75 Å². The van der Waals surface area contributed by atoms with Crippen LogP contribution in [0.4, 0.5) is 10.5 Å². The lowest BCUT2D eigenvalue weighted by molar-refractivity contribution is 0.249. The molecule has 0 saturated heterocycles. The molecule has 5 heteroatoms. The molecule has 2 rings (SSSR count). The molecule has 0 spiro atoms. The maximum absolute atomic E-state index is 12.5. The van der Waals surface area contributed by atoms with Crippen LogP contribution in [-0.2, 0) is 6.42 Å². The average molecular weight is 342 g/mol. The second-order valence-corrected chi connectivity index (χ2v) is 5.89. The van der Waals surface area contributed by atoms with Gasteiger partial charge in [0.2, 0.25) is 0 Å². The number of rotatable bonds is 6. The third-order valence-electron chi connectivity index (χ3n) is 4.23. The van der Waals surface area contributed by atoms with Gasteiger partial charge in [-0.05, 0) is 49.6 Å². The summed E-state index contributed by atoms with van der Waals surface area (Å²) < 4.78 is 10.7. The summed E-state index contributed by atoms with van der Waals surface area (Å²) in [5.41, 5.74) is 3.88. The molecule has 0 bridgehead atoms. The summed E-state index contributed by atoms with van der Waals surface area (Å²) in [4.78, 5) is 12.5. The number of hydrogen-bond acceptors (Lipinski definition) is 3. The number of ether oxygens (including phenoxy) is 2. The van der Waals surface area contributed by atoms with Crippen LogP contribution in [0.2, 0.25) is 0 Å². The molecule has 2 aromatic carbocycles. The monoisotopic (exact) mass is 342 g/mol. The summed E-state index contributed by atoms with van der Waals surface area (Å²) in [5, 5.41) is 5.94. The zero-order valence-corrected chi connectivity index (χ0v) is 15.5. The van der Waals surface area contributed by atoms with Crippen LogP contribution in [0.1, 0.15) is 36.6 Å². The summed E-state index contributed by atoms with van der Waals surface area (Å²) in [5.74, 6) is 1.43. The number of urea groups is 1. The van der Waals surface area contributed by atoms with Crippen molar-refractivity contribution in [3.8, 4) is 11.5 Å². The van der Waals surface area contributed by atoms with Crippen LogP contribution in [-0.4, -0.2) is 20.3 Å². The predicted molar refractivity (Wildman–Crippen MR) is 101 cm³/mol. The fraction of sp³-hybridized carbons (Fsp3) is 0.350. The third-order valence-corrected chi connectivity index (χ3v) is 4.23. The maximum atomic E-state index is 12.5. The molecular formula is C20H26N2O3. The van der Waals surface area contributed by atoms with Crippen molar-refractivity contribution in [2.75, 3.05) is 19.5 Å². The lowest BCUT2D eigenvalue weighted by Crippen LogP contribution is -2.32. The molecule has 0 aliphatic rings. The van der Waals surface area contributed by atoms with E-state index in [2.05, 4.69) is 17.6 Å². The van der Waals surface area contributed by atoms with Crippen molar-refractivity contribution in [2.24, 2.45) is 0 Å². The number of methoxy groups -OCH3 is 2. The largest absolute Gasteiger partial charge is 0.497 e. The molecular weight excluding hydrogens is 316 g/mol. The number of anilines is 1. The lowest BCUT2D eigenvalue weighted by atomic mass is 10.1. The van der Waals surface area contributed by atoms with E-state index in [0.717, 1.165) is 34.5 Å². The van der Waals surface area contributed by atoms with E-state index in [-0.39, 0.29) is 12.1 Å². The fourth-order valence-electron chi connectivity index (χ4n) is 2.80. The van der Waals surface area contributed by atoms with Crippen molar-refractivity contribution in [1.29, 1.82) is 0 Å². The predicted octanol–water partition coefficient (Wildman–Crippen LogP) is 4.46. The molecule has 1 atom stereocenters. The maximum Gasteiger partial charge on any atom is 0.319 e. The lowest BCUT2D eigenvalue weighted by Gasteiger charge is -2.20. The number of carbonyl (C=O) groups excluding carboxylic acids is 1. The first-order valence-corrected chi connectivity index (χ1v) is 8.38. The van der Waals surface area contributed by atoms with E-state index in [1.165, 1.54) is 0 Å². The Morgan fingerprint density at radius 2 is 1.92 bits per heavy atom. The Labute approximate surface area is 149 Å². The van der Waals surface area contributed by atoms with Crippen LogP contribution < -0.4 is 20.1 Å². The summed E-state index contributed by atoms with van der Waals surface area (Å²) in [6, 6.07) is 11.1. The van der Waals surface area contributed by atoms with E-state index in [1.54, 1.807) is 14.2 Å². The number of hydrogen-bond donors (Lipinski definition) is 2. The van der Waals surface area contributed by atoms with E-state index in [4.69, 9.17) is 9.47 Å². The van der Waals surface area contributed by atoms with Crippen molar-refractivity contribution < 1.29 is 14.3 Å². The SMILES string of the molecule is CCc1cccc(C)c1NC(=O)NC(C)c1cc(OC)ccc1OC. The van der Waals surface area contributed by atoms with Gasteiger partial charge in [-0.3, -0.25) is 0 Å². The van der Waals surface area contributed by atoms with Crippen LogP contribution in [0.15, 0.2) is 36.4 Å². The van der Waals surface area contributed by atoms with Crippen LogP contribution >= 0.6 is 0 Å². The topological polar surface area (TPSA) is 59.6 Å². The highest BCUT2D eigenvalue weighted by molar-refractivity contribution is 5.91. The van der Waals surface area contributed by atoms with Gasteiger partial charge < -0.3 is 20.1 Å². The number of aryl methyl sites for hydroxylation is 2. The second-order valence-electron chi connectivity index (χ2n) is 5.89. The first-order valence-electron chi connectivity index (χ1n) is 8.38. The van der Waals surface area contributed by atoms with Crippen molar-refractivity contribution in [1.82, 2.24) is 5.32 Å². The highest BCUT2D eigenvalue weighted by atomic mass is 16.5. The van der Waals surface area contributed by atoms with Crippen molar-refractivity contribution in [2.45, 2.75) is 33.2 Å². The summed E-state index contributed by atoms with van der Waals surface area (Å²) >= 11 is 0. The van der Waals surface area contributed by atoms with Crippen LogP contribution in [0.3, 0.4) is 0 Å². The molecule has 0 radical (unpaired) electrons. The number of benzene rings is 2. The zero-order chi connectivity index (χ0) is 18.4. The van der Waals surface area contributed by atoms with Crippen LogP contribution in [0.5, 0.6) is 11.5 Å². The van der Waals surface area contributed by atoms with Crippen LogP contribution in [0.25, 0.3) is 0 Å². The van der Waals surface area contributed by atoms with Gasteiger partial charge in [0.1, 0.15) is 11.5 Å². The Morgan fingerprint density at radius 1 is 1.16 bits per heavy atom. The minimum Gasteiger partial charge on any atom is -0.497 e. The Bertz CT molecular complexity index is 744. The standard InChI is InChI=1S/C20H26N2O3/c1-6-15-9-7-8-13(2)19(15)22-20(23)21-14(3)17-12-16(24-4)10-11-18(17)25-5/h7-12,14H,6H2,1-5H3,(H2,21,22,23). The van der Waals surface area contributed by atoms with Gasteiger partial charge in [-0.25, -0.2) is 4.79 Å². The first kappa shape index (κ1) is 18.6. The number of nitrogens with one attached hydrogen (secondary N) is 2. The Morgan fingerprint density at radius 3 is 2.56 bits per heavy atom. The molecule has 1 unspecified atom stereocenters. The Hall–Kier alpha value is -2.69. The molecule has 0 aliphatic carbocycles. The van der Waals surface area contributed by atoms with E-state index in [9.17, 15) is 4.79 Å². The summed E-state index contributed by atoms with van der Waals surface area (Å²) in [7, 11) is 3.22. The molecule has 25 heavy (non-hydrogen) atoms. The summed E-state index contributed by atoms with van der Waals surface area (Å²) in [6.07, 6.45) is 0.858. The van der Waals surface area contributed by atoms with Gasteiger partial charge in [0.25, 0.3) is 0 Å². The Kier molecular flexibility index (Phi) is 6.28. The second kappa shape index (κ2) is 8.42. The van der Waals surface area contributed by atoms with Gasteiger partial charge in [-0.1, -0.05) is 25.1 Å². The molecule has 0 saturated carbocycles. The molecule has 5 nitrogen and oxygen atoms in total. The highest BCUT2D eigenvalue weighted by Crippen LogP contribution is 2.29. The quantitative estimate of drug-likeness (QED) is 0.815. The van der Waals surface area contributed by atoms with Gasteiger partial charge in [0.15, 0.2) is 0 Å². The summed E-state index contributed by atoms with van der Waals surface area (Å²) in [6.45, 7) is 5.97. The van der Waals surface area contributed by atoms with Gasteiger partial charge in [-0.15, -0.1) is 0 Å². The van der Waals surface area contributed by atoms with Crippen LogP contribution in [0, 0.1) is 6.92 Å². The van der Waals surface area contributed by atoms with Crippen molar-refractivity contribution >= 4 is 11.7 Å². The van der Waals surface area contributed by atoms with E-state index >= 15 is 0 Å². The molecule has 0 fully saturated rings. The first-order chi connectivity index (χ1) is 12.0. The fourth-order valence-corrected chi connectivity index (χ4v) is 2.80. The number of carbonyl (C=O) groups is 1. The molecule has 0 heterocycles. The number of para-hydroxylation sites is 1. The van der Waals surface area contributed by atoms with E-state index in [1.807, 2.05) is 50.2 Å². The van der Waals surface area contributed by atoms with Crippen molar-refractivity contribution in [3.63, 3.8) is 0 Å². The normalized spacial score (nSPS) is 11.6. The smallest absolute Gasteiger partial charge is 0.319 e. The Balaban J connectivity index is 2.16. The zero-order valence-electron chi connectivity index (χ0n) is 15.5. The van der Waals surface area contributed by atoms with Gasteiger partial charge in [0, 0.05) is 11.3 Å². The van der Waals surface area contributed by atoms with Gasteiger partial charge in [-0.2, -0.15) is 0 Å². The minimum absolute atomic E-state index is 0.237. The van der Waals surface area contributed by atoms with Gasteiger partial charge >= 0.3 is 6.03 Å². The molecule has 2 N–H and O–H groups in total. The highest BCUT2D eigenvalue weighted by Gasteiger charge is 2.16.